The van der Waals surface area contributed by atoms with Gasteiger partial charge in [-0.15, -0.1) is 0 Å². The molecule has 0 unspecified atom stereocenters. The summed E-state index contributed by atoms with van der Waals surface area (Å²) < 4.78 is 0. The largest absolute Gasteiger partial charge is 0.510 e. The molecular weight excluding hydrogens is 150 g/mol. The van der Waals surface area contributed by atoms with E-state index < -0.39 is 18.0 Å². The first-order valence-electron chi connectivity index (χ1n) is 3.00. The Kier molecular flexibility index (Phi) is 1.56. The van der Waals surface area contributed by atoms with Gasteiger partial charge in [0.25, 0.3) is 5.91 Å². The van der Waals surface area contributed by atoms with E-state index in [1.165, 1.54) is 6.92 Å². The molecule has 2 amide bonds. The van der Waals surface area contributed by atoms with Crippen molar-refractivity contribution < 1.29 is 19.8 Å². The predicted octanol–water partition coefficient (Wildman–Crippen LogP) is 0.337. The third kappa shape index (κ3) is 1.04. The highest BCUT2D eigenvalue weighted by Crippen LogP contribution is 2.16. The number of carbonyl (C=O) groups excluding carboxylic acids is 1. The van der Waals surface area contributed by atoms with Gasteiger partial charge in [-0.3, -0.25) is 4.79 Å². The smallest absolute Gasteiger partial charge is 0.415 e. The number of imide groups is 1. The predicted molar refractivity (Wildman–Crippen MR) is 35.0 cm³/mol. The summed E-state index contributed by atoms with van der Waals surface area (Å²) in [6.45, 7) is 1.44. The van der Waals surface area contributed by atoms with Crippen molar-refractivity contribution in [1.29, 1.82) is 0 Å². The van der Waals surface area contributed by atoms with Gasteiger partial charge in [-0.1, -0.05) is 0 Å². The zero-order valence-corrected chi connectivity index (χ0v) is 5.81. The second-order valence-corrected chi connectivity index (χ2v) is 2.24. The van der Waals surface area contributed by atoms with Crippen LogP contribution in [-0.2, 0) is 4.79 Å². The summed E-state index contributed by atoms with van der Waals surface area (Å²) in [6.07, 6.45) is -0.443. The fourth-order valence-corrected chi connectivity index (χ4v) is 0.900. The lowest BCUT2D eigenvalue weighted by Crippen LogP contribution is -2.37. The van der Waals surface area contributed by atoms with E-state index in [9.17, 15) is 9.59 Å². The number of amides is 2. The van der Waals surface area contributed by atoms with Crippen LogP contribution >= 0.6 is 0 Å². The molecule has 0 fully saturated rings. The van der Waals surface area contributed by atoms with E-state index in [4.69, 9.17) is 10.2 Å². The number of carbonyl (C=O) groups is 2. The summed E-state index contributed by atoms with van der Waals surface area (Å²) in [7, 11) is 0. The molecule has 0 bridgehead atoms. The van der Waals surface area contributed by atoms with E-state index in [1.54, 1.807) is 0 Å². The van der Waals surface area contributed by atoms with Gasteiger partial charge in [0, 0.05) is 6.08 Å². The molecule has 0 spiro atoms. The summed E-state index contributed by atoms with van der Waals surface area (Å²) in [4.78, 5) is 21.6. The normalized spacial score (nSPS) is 23.7. The highest BCUT2D eigenvalue weighted by Gasteiger charge is 2.33. The minimum absolute atomic E-state index is 0.211. The van der Waals surface area contributed by atoms with Crippen molar-refractivity contribution in [3.05, 3.63) is 11.8 Å². The summed E-state index contributed by atoms with van der Waals surface area (Å²) in [5.41, 5.74) is 0. The van der Waals surface area contributed by atoms with Crippen molar-refractivity contribution >= 4 is 12.0 Å². The molecule has 0 saturated carbocycles. The molecule has 2 N–H and O–H groups in total. The molecular formula is C6H7NO4. The fraction of sp³-hybridized carbons (Fsp3) is 0.333. The molecule has 0 aromatic rings. The van der Waals surface area contributed by atoms with Crippen LogP contribution in [-0.4, -0.2) is 33.2 Å². The van der Waals surface area contributed by atoms with Crippen LogP contribution < -0.4 is 0 Å². The van der Waals surface area contributed by atoms with E-state index >= 15 is 0 Å². The number of rotatable bonds is 0. The first kappa shape index (κ1) is 7.59. The third-order valence-electron chi connectivity index (χ3n) is 1.53. The molecule has 5 heteroatoms. The molecule has 1 atom stereocenters. The lowest BCUT2D eigenvalue weighted by atomic mass is 10.3. The average molecular weight is 157 g/mol. The highest BCUT2D eigenvalue weighted by molar-refractivity contribution is 6.01. The van der Waals surface area contributed by atoms with Gasteiger partial charge in [0.1, 0.15) is 5.76 Å². The Balaban J connectivity index is 2.89. The van der Waals surface area contributed by atoms with Gasteiger partial charge in [0.05, 0.1) is 6.04 Å². The molecule has 60 valence electrons. The third-order valence-corrected chi connectivity index (χ3v) is 1.53. The number of carboxylic acid groups (broad SMARTS) is 1. The topological polar surface area (TPSA) is 77.8 Å². The SMILES string of the molecule is C[C@@H]1C(O)=CC(=O)N1C(=O)O. The van der Waals surface area contributed by atoms with Crippen LogP contribution in [0.1, 0.15) is 6.92 Å². The molecule has 0 aliphatic carbocycles. The molecule has 1 heterocycles. The van der Waals surface area contributed by atoms with Crippen molar-refractivity contribution in [2.75, 3.05) is 0 Å². The zero-order chi connectivity index (χ0) is 8.59. The van der Waals surface area contributed by atoms with E-state index in [0.717, 1.165) is 6.08 Å². The van der Waals surface area contributed by atoms with Gasteiger partial charge in [0.15, 0.2) is 0 Å². The molecule has 5 nitrogen and oxygen atoms in total. The maximum atomic E-state index is 10.7. The number of hydrogen-bond donors (Lipinski definition) is 2. The van der Waals surface area contributed by atoms with Crippen LogP contribution in [0.3, 0.4) is 0 Å². The van der Waals surface area contributed by atoms with E-state index in [2.05, 4.69) is 0 Å². The molecule has 1 rings (SSSR count). The first-order chi connectivity index (χ1) is 5.04. The molecule has 1 aliphatic rings. The number of nitrogens with zero attached hydrogens (tertiary/aromatic N) is 1. The minimum Gasteiger partial charge on any atom is -0.510 e. The Labute approximate surface area is 62.5 Å². The monoisotopic (exact) mass is 157 g/mol. The van der Waals surface area contributed by atoms with Crippen LogP contribution in [0.5, 0.6) is 0 Å². The summed E-state index contributed by atoms with van der Waals surface area (Å²) in [5, 5.41) is 17.4. The van der Waals surface area contributed by atoms with Gasteiger partial charge in [-0.2, -0.15) is 0 Å². The van der Waals surface area contributed by atoms with Gasteiger partial charge < -0.3 is 10.2 Å². The maximum absolute atomic E-state index is 10.7. The van der Waals surface area contributed by atoms with Gasteiger partial charge >= 0.3 is 6.09 Å². The van der Waals surface area contributed by atoms with Crippen molar-refractivity contribution in [1.82, 2.24) is 4.90 Å². The second kappa shape index (κ2) is 2.26. The standard InChI is InChI=1S/C6H7NO4/c1-3-4(8)2-5(9)7(3)6(10)11/h2-3,8H,1H3,(H,10,11)/t3-/m1/s1. The van der Waals surface area contributed by atoms with Crippen LogP contribution in [0, 0.1) is 0 Å². The van der Waals surface area contributed by atoms with Crippen LogP contribution in [0.2, 0.25) is 0 Å². The number of aliphatic hydroxyl groups is 1. The lowest BCUT2D eigenvalue weighted by molar-refractivity contribution is -0.123. The maximum Gasteiger partial charge on any atom is 0.415 e. The second-order valence-electron chi connectivity index (χ2n) is 2.24. The zero-order valence-electron chi connectivity index (χ0n) is 5.81. The number of aliphatic hydroxyl groups excluding tert-OH is 1. The summed E-state index contributed by atoms with van der Waals surface area (Å²) in [5.74, 6) is -0.903. The average Bonchev–Trinajstić information content (AvgIpc) is 2.07. The highest BCUT2D eigenvalue weighted by atomic mass is 16.4. The van der Waals surface area contributed by atoms with E-state index in [0.29, 0.717) is 4.90 Å². The molecule has 0 aromatic carbocycles. The minimum atomic E-state index is -1.34. The quantitative estimate of drug-likeness (QED) is 0.531. The summed E-state index contributed by atoms with van der Waals surface area (Å²) in [6, 6.07) is -0.750. The first-order valence-corrected chi connectivity index (χ1v) is 3.00. The number of hydrogen-bond acceptors (Lipinski definition) is 3. The van der Waals surface area contributed by atoms with E-state index in [-0.39, 0.29) is 5.76 Å². The van der Waals surface area contributed by atoms with Gasteiger partial charge in [-0.05, 0) is 6.92 Å². The van der Waals surface area contributed by atoms with Crippen LogP contribution in [0.4, 0.5) is 4.79 Å². The van der Waals surface area contributed by atoms with Crippen molar-refractivity contribution in [2.45, 2.75) is 13.0 Å². The Morgan fingerprint density at radius 2 is 2.27 bits per heavy atom. The molecule has 0 aromatic heterocycles. The fourth-order valence-electron chi connectivity index (χ4n) is 0.900. The van der Waals surface area contributed by atoms with Crippen molar-refractivity contribution in [2.24, 2.45) is 0 Å². The molecule has 1 aliphatic heterocycles. The molecule has 0 saturated heterocycles. The van der Waals surface area contributed by atoms with E-state index in [1.807, 2.05) is 0 Å². The molecule has 11 heavy (non-hydrogen) atoms. The Morgan fingerprint density at radius 3 is 2.45 bits per heavy atom. The van der Waals surface area contributed by atoms with Gasteiger partial charge in [-0.25, -0.2) is 9.69 Å². The molecule has 0 radical (unpaired) electrons. The van der Waals surface area contributed by atoms with Crippen LogP contribution in [0.15, 0.2) is 11.8 Å². The van der Waals surface area contributed by atoms with Crippen molar-refractivity contribution in [3.63, 3.8) is 0 Å². The van der Waals surface area contributed by atoms with Crippen LogP contribution in [0.25, 0.3) is 0 Å². The Morgan fingerprint density at radius 1 is 1.73 bits per heavy atom. The Bertz CT molecular complexity index is 245. The Hall–Kier alpha value is -1.52. The van der Waals surface area contributed by atoms with Crippen molar-refractivity contribution in [3.8, 4) is 0 Å². The lowest BCUT2D eigenvalue weighted by Gasteiger charge is -2.15. The van der Waals surface area contributed by atoms with Gasteiger partial charge in [0.2, 0.25) is 0 Å². The summed E-state index contributed by atoms with van der Waals surface area (Å²) >= 11 is 0.